The molecular weight excluding hydrogens is 344 g/mol. The zero-order chi connectivity index (χ0) is 20.1. The Kier molecular flexibility index (Phi) is 11.3. The first kappa shape index (κ1) is 23.1. The fourth-order valence-corrected chi connectivity index (χ4v) is 3.03. The fraction of sp³-hybridized carbons (Fsp3) is 0.545. The summed E-state index contributed by atoms with van der Waals surface area (Å²) in [6, 6.07) is 0. The van der Waals surface area contributed by atoms with Gasteiger partial charge in [0, 0.05) is 24.7 Å². The van der Waals surface area contributed by atoms with Gasteiger partial charge < -0.3 is 15.3 Å². The topological polar surface area (TPSA) is 94.8 Å². The molecule has 5 heteroatoms. The summed E-state index contributed by atoms with van der Waals surface area (Å²) in [4.78, 5) is 22.5. The van der Waals surface area contributed by atoms with Gasteiger partial charge >= 0.3 is 5.97 Å². The first-order valence-electron chi connectivity index (χ1n) is 9.69. The molecule has 0 aromatic heterocycles. The molecule has 0 spiro atoms. The van der Waals surface area contributed by atoms with E-state index < -0.39 is 18.2 Å². The molecule has 5 nitrogen and oxygen atoms in total. The largest absolute Gasteiger partial charge is 0.481 e. The predicted molar refractivity (Wildman–Crippen MR) is 106 cm³/mol. The average Bonchev–Trinajstić information content (AvgIpc) is 2.90. The maximum absolute atomic E-state index is 12.1. The van der Waals surface area contributed by atoms with Gasteiger partial charge in [0.05, 0.1) is 12.2 Å². The van der Waals surface area contributed by atoms with Crippen LogP contribution in [0.3, 0.4) is 0 Å². The van der Waals surface area contributed by atoms with Crippen LogP contribution >= 0.6 is 0 Å². The van der Waals surface area contributed by atoms with Crippen molar-refractivity contribution in [1.82, 2.24) is 0 Å². The summed E-state index contributed by atoms with van der Waals surface area (Å²) >= 11 is 0. The van der Waals surface area contributed by atoms with Crippen LogP contribution in [0.15, 0.2) is 48.6 Å². The molecule has 0 aliphatic heterocycles. The van der Waals surface area contributed by atoms with Crippen LogP contribution in [0.25, 0.3) is 0 Å². The predicted octanol–water partition coefficient (Wildman–Crippen LogP) is 3.58. The first-order chi connectivity index (χ1) is 13.0. The van der Waals surface area contributed by atoms with Gasteiger partial charge in [0.2, 0.25) is 0 Å². The number of aliphatic carboxylic acids is 1. The summed E-state index contributed by atoms with van der Waals surface area (Å²) in [6.45, 7) is 1.88. The molecule has 1 aliphatic carbocycles. The van der Waals surface area contributed by atoms with Gasteiger partial charge in [-0.05, 0) is 32.1 Å². The number of carbonyl (C=O) groups is 2. The lowest BCUT2D eigenvalue weighted by Crippen LogP contribution is -2.18. The van der Waals surface area contributed by atoms with Crippen molar-refractivity contribution in [2.45, 2.75) is 64.1 Å². The van der Waals surface area contributed by atoms with E-state index in [4.69, 9.17) is 5.11 Å². The number of carboxylic acid groups (broad SMARTS) is 1. The van der Waals surface area contributed by atoms with Crippen molar-refractivity contribution in [2.75, 3.05) is 0 Å². The molecular formula is C22H32O5. The highest BCUT2D eigenvalue weighted by Gasteiger charge is 2.39. The molecule has 3 N–H and O–H groups in total. The number of carboxylic acids is 1. The molecule has 0 saturated heterocycles. The van der Waals surface area contributed by atoms with Gasteiger partial charge in [-0.3, -0.25) is 9.59 Å². The third kappa shape index (κ3) is 9.50. The number of rotatable bonds is 12. The number of Topliss-reactive ketones (excluding diaryl/α,β-unsaturated/α-hetero) is 1. The number of allylic oxidation sites excluding steroid dienone is 6. The molecule has 0 radical (unpaired) electrons. The van der Waals surface area contributed by atoms with E-state index in [1.807, 2.05) is 43.4 Å². The SMILES string of the molecule is CC[C@@H](O)/C=C/[C@@H]1[C@H](O)CC(=O)[C@@H]1C/C=C\C/C=C\C/C=C\CCC(=O)O. The molecule has 150 valence electrons. The fourth-order valence-electron chi connectivity index (χ4n) is 3.03. The summed E-state index contributed by atoms with van der Waals surface area (Å²) in [5.74, 6) is -1.16. The second-order valence-electron chi connectivity index (χ2n) is 6.84. The Morgan fingerprint density at radius 2 is 1.78 bits per heavy atom. The van der Waals surface area contributed by atoms with Crippen LogP contribution in [0.4, 0.5) is 0 Å². The smallest absolute Gasteiger partial charge is 0.303 e. The summed E-state index contributed by atoms with van der Waals surface area (Å²) < 4.78 is 0. The Morgan fingerprint density at radius 1 is 1.15 bits per heavy atom. The molecule has 0 bridgehead atoms. The average molecular weight is 376 g/mol. The Balaban J connectivity index is 2.35. The van der Waals surface area contributed by atoms with Gasteiger partial charge in [0.25, 0.3) is 0 Å². The maximum atomic E-state index is 12.1. The van der Waals surface area contributed by atoms with Crippen molar-refractivity contribution in [3.05, 3.63) is 48.6 Å². The van der Waals surface area contributed by atoms with E-state index >= 15 is 0 Å². The molecule has 0 amide bonds. The van der Waals surface area contributed by atoms with Crippen LogP contribution in [-0.4, -0.2) is 39.3 Å². The van der Waals surface area contributed by atoms with E-state index in [1.165, 1.54) is 0 Å². The van der Waals surface area contributed by atoms with Crippen molar-refractivity contribution in [2.24, 2.45) is 11.8 Å². The number of ketones is 1. The van der Waals surface area contributed by atoms with Crippen LogP contribution < -0.4 is 0 Å². The zero-order valence-electron chi connectivity index (χ0n) is 16.0. The first-order valence-corrected chi connectivity index (χ1v) is 9.69. The second-order valence-corrected chi connectivity index (χ2v) is 6.84. The highest BCUT2D eigenvalue weighted by Crippen LogP contribution is 2.33. The van der Waals surface area contributed by atoms with Crippen LogP contribution in [0.2, 0.25) is 0 Å². The summed E-state index contributed by atoms with van der Waals surface area (Å²) in [5.41, 5.74) is 0. The van der Waals surface area contributed by atoms with Crippen molar-refractivity contribution in [3.63, 3.8) is 0 Å². The van der Waals surface area contributed by atoms with E-state index in [0.717, 1.165) is 12.8 Å². The third-order valence-electron chi connectivity index (χ3n) is 4.67. The Bertz CT molecular complexity index is 573. The van der Waals surface area contributed by atoms with Crippen LogP contribution in [0.5, 0.6) is 0 Å². The molecule has 4 atom stereocenters. The highest BCUT2D eigenvalue weighted by atomic mass is 16.4. The molecule has 1 fully saturated rings. The Morgan fingerprint density at radius 3 is 2.41 bits per heavy atom. The van der Waals surface area contributed by atoms with E-state index in [2.05, 4.69) is 0 Å². The van der Waals surface area contributed by atoms with Gasteiger partial charge in [0.15, 0.2) is 0 Å². The lowest BCUT2D eigenvalue weighted by Gasteiger charge is -2.16. The Labute approximate surface area is 161 Å². The highest BCUT2D eigenvalue weighted by molar-refractivity contribution is 5.84. The summed E-state index contributed by atoms with van der Waals surface area (Å²) in [6.07, 6.45) is 17.7. The normalized spacial score (nSPS) is 24.9. The van der Waals surface area contributed by atoms with E-state index in [-0.39, 0.29) is 30.5 Å². The zero-order valence-corrected chi connectivity index (χ0v) is 16.0. The van der Waals surface area contributed by atoms with Crippen molar-refractivity contribution in [3.8, 4) is 0 Å². The molecule has 27 heavy (non-hydrogen) atoms. The van der Waals surface area contributed by atoms with Gasteiger partial charge in [-0.2, -0.15) is 0 Å². The van der Waals surface area contributed by atoms with Crippen LogP contribution in [-0.2, 0) is 9.59 Å². The molecule has 0 heterocycles. The van der Waals surface area contributed by atoms with Crippen LogP contribution in [0, 0.1) is 11.8 Å². The number of hydrogen-bond acceptors (Lipinski definition) is 4. The summed E-state index contributed by atoms with van der Waals surface area (Å²) in [5, 5.41) is 28.2. The van der Waals surface area contributed by atoms with Crippen LogP contribution in [0.1, 0.15) is 51.9 Å². The summed E-state index contributed by atoms with van der Waals surface area (Å²) in [7, 11) is 0. The molecule has 1 aliphatic rings. The van der Waals surface area contributed by atoms with E-state index in [0.29, 0.717) is 19.3 Å². The van der Waals surface area contributed by atoms with Crippen molar-refractivity contribution in [1.29, 1.82) is 0 Å². The number of aliphatic hydroxyl groups excluding tert-OH is 2. The van der Waals surface area contributed by atoms with Gasteiger partial charge in [-0.1, -0.05) is 55.5 Å². The number of hydrogen-bond donors (Lipinski definition) is 3. The number of aliphatic hydroxyl groups is 2. The quantitative estimate of drug-likeness (QED) is 0.453. The third-order valence-corrected chi connectivity index (χ3v) is 4.67. The van der Waals surface area contributed by atoms with E-state index in [9.17, 15) is 19.8 Å². The van der Waals surface area contributed by atoms with E-state index in [1.54, 1.807) is 12.2 Å². The van der Waals surface area contributed by atoms with Crippen molar-refractivity contribution < 1.29 is 24.9 Å². The molecule has 0 aromatic rings. The molecule has 1 saturated carbocycles. The second kappa shape index (κ2) is 13.2. The number of carbonyl (C=O) groups excluding carboxylic acids is 1. The standard InChI is InChI=1S/C22H32O5/c1-2-17(23)14-15-19-18(20(24)16-21(19)25)12-10-8-6-4-3-5-7-9-11-13-22(26)27/h3-4,7-10,14-15,17-19,21,23,25H,2,5-6,11-13,16H2,1H3,(H,26,27)/b4-3-,9-7-,10-8-,15-14+/t17-,18-,19+,21-/m1/s1. The van der Waals surface area contributed by atoms with Crippen molar-refractivity contribution >= 4 is 11.8 Å². The molecule has 0 aromatic carbocycles. The van der Waals surface area contributed by atoms with Gasteiger partial charge in [-0.25, -0.2) is 0 Å². The molecule has 0 unspecified atom stereocenters. The van der Waals surface area contributed by atoms with Gasteiger partial charge in [-0.15, -0.1) is 0 Å². The Hall–Kier alpha value is -1.98. The monoisotopic (exact) mass is 376 g/mol. The van der Waals surface area contributed by atoms with Gasteiger partial charge in [0.1, 0.15) is 5.78 Å². The minimum atomic E-state index is -0.784. The lowest BCUT2D eigenvalue weighted by atomic mass is 9.90. The lowest BCUT2D eigenvalue weighted by molar-refractivity contribution is -0.136. The molecule has 1 rings (SSSR count). The maximum Gasteiger partial charge on any atom is 0.303 e. The minimum Gasteiger partial charge on any atom is -0.481 e. The minimum absolute atomic E-state index is 0.0785.